The summed E-state index contributed by atoms with van der Waals surface area (Å²) in [5, 5.41) is 0. The van der Waals surface area contributed by atoms with Crippen LogP contribution in [-0.2, 0) is 4.74 Å². The van der Waals surface area contributed by atoms with Crippen LogP contribution in [0.5, 0.6) is 0 Å². The van der Waals surface area contributed by atoms with Crippen molar-refractivity contribution in [2.24, 2.45) is 0 Å². The van der Waals surface area contributed by atoms with Crippen LogP contribution < -0.4 is 5.73 Å². The zero-order chi connectivity index (χ0) is 12.8. The molecule has 3 nitrogen and oxygen atoms in total. The maximum atomic E-state index is 13.1. The molecule has 1 aromatic rings. The van der Waals surface area contributed by atoms with E-state index in [9.17, 15) is 9.18 Å². The number of benzene rings is 1. The SMILES string of the molecule is CCSCCOC(=O)c1cc(N)c(F)cc1Br. The summed E-state index contributed by atoms with van der Waals surface area (Å²) >= 11 is 4.78. The fourth-order valence-corrected chi connectivity index (χ4v) is 2.10. The molecule has 0 amide bonds. The Bertz CT molecular complexity index is 415. The maximum absolute atomic E-state index is 13.1. The average molecular weight is 322 g/mol. The topological polar surface area (TPSA) is 52.3 Å². The van der Waals surface area contributed by atoms with Gasteiger partial charge in [0.05, 0.1) is 11.3 Å². The van der Waals surface area contributed by atoms with Gasteiger partial charge in [-0.05, 0) is 33.8 Å². The summed E-state index contributed by atoms with van der Waals surface area (Å²) in [5.41, 5.74) is 5.57. The van der Waals surface area contributed by atoms with Gasteiger partial charge in [-0.2, -0.15) is 11.8 Å². The Balaban J connectivity index is 2.66. The number of ether oxygens (including phenoxy) is 1. The third-order valence-electron chi connectivity index (χ3n) is 1.97. The molecule has 0 aliphatic carbocycles. The quantitative estimate of drug-likeness (QED) is 0.514. The molecule has 0 heterocycles. The third-order valence-corrected chi connectivity index (χ3v) is 3.49. The van der Waals surface area contributed by atoms with Gasteiger partial charge < -0.3 is 10.5 Å². The van der Waals surface area contributed by atoms with Gasteiger partial charge in [-0.1, -0.05) is 6.92 Å². The van der Waals surface area contributed by atoms with Crippen LogP contribution >= 0.6 is 27.7 Å². The second-order valence-electron chi connectivity index (χ2n) is 3.19. The minimum atomic E-state index is -0.560. The molecule has 0 saturated heterocycles. The normalized spacial score (nSPS) is 10.3. The van der Waals surface area contributed by atoms with Crippen LogP contribution in [-0.4, -0.2) is 24.1 Å². The zero-order valence-electron chi connectivity index (χ0n) is 9.33. The highest BCUT2D eigenvalue weighted by Crippen LogP contribution is 2.23. The highest BCUT2D eigenvalue weighted by molar-refractivity contribution is 9.10. The van der Waals surface area contributed by atoms with Gasteiger partial charge in [-0.15, -0.1) is 0 Å². The summed E-state index contributed by atoms with van der Waals surface area (Å²) in [6.45, 7) is 2.37. The minimum Gasteiger partial charge on any atom is -0.461 e. The molecule has 1 aromatic carbocycles. The molecule has 0 aliphatic rings. The molecule has 0 bridgehead atoms. The first-order valence-electron chi connectivity index (χ1n) is 5.05. The van der Waals surface area contributed by atoms with Gasteiger partial charge >= 0.3 is 5.97 Å². The van der Waals surface area contributed by atoms with E-state index < -0.39 is 11.8 Å². The molecule has 0 aromatic heterocycles. The van der Waals surface area contributed by atoms with E-state index in [1.54, 1.807) is 11.8 Å². The molecule has 2 N–H and O–H groups in total. The lowest BCUT2D eigenvalue weighted by molar-refractivity contribution is 0.0529. The van der Waals surface area contributed by atoms with Crippen molar-refractivity contribution in [3.05, 3.63) is 28.0 Å². The molecule has 0 atom stereocenters. The van der Waals surface area contributed by atoms with Crippen LogP contribution in [0.1, 0.15) is 17.3 Å². The second kappa shape index (κ2) is 6.86. The molecule has 6 heteroatoms. The Hall–Kier alpha value is -0.750. The van der Waals surface area contributed by atoms with E-state index in [-0.39, 0.29) is 11.3 Å². The molecule has 0 radical (unpaired) electrons. The molecule has 0 fully saturated rings. The number of nitrogen functional groups attached to an aromatic ring is 1. The van der Waals surface area contributed by atoms with E-state index in [0.29, 0.717) is 11.1 Å². The van der Waals surface area contributed by atoms with E-state index >= 15 is 0 Å². The van der Waals surface area contributed by atoms with Gasteiger partial charge in [0.2, 0.25) is 0 Å². The van der Waals surface area contributed by atoms with Crippen LogP contribution in [0.2, 0.25) is 0 Å². The lowest BCUT2D eigenvalue weighted by Crippen LogP contribution is -2.10. The summed E-state index contributed by atoms with van der Waals surface area (Å²) in [6, 6.07) is 2.43. The van der Waals surface area contributed by atoms with E-state index in [4.69, 9.17) is 10.5 Å². The van der Waals surface area contributed by atoms with E-state index in [2.05, 4.69) is 15.9 Å². The van der Waals surface area contributed by atoms with Crippen LogP contribution in [0.3, 0.4) is 0 Å². The molecular formula is C11H13BrFNO2S. The van der Waals surface area contributed by atoms with Crippen molar-refractivity contribution in [3.8, 4) is 0 Å². The molecule has 0 unspecified atom stereocenters. The summed E-state index contributed by atoms with van der Waals surface area (Å²) in [6.07, 6.45) is 0. The Morgan fingerprint density at radius 2 is 2.29 bits per heavy atom. The number of hydrogen-bond donors (Lipinski definition) is 1. The lowest BCUT2D eigenvalue weighted by atomic mass is 10.2. The Morgan fingerprint density at radius 3 is 2.94 bits per heavy atom. The molecular weight excluding hydrogens is 309 g/mol. The zero-order valence-corrected chi connectivity index (χ0v) is 11.7. The monoisotopic (exact) mass is 321 g/mol. The standard InChI is InChI=1S/C11H13BrFNO2S/c1-2-17-4-3-16-11(15)7-5-10(14)9(13)6-8(7)12/h5-6H,2-4,14H2,1H3. The number of carbonyl (C=O) groups is 1. The smallest absolute Gasteiger partial charge is 0.339 e. The molecule has 17 heavy (non-hydrogen) atoms. The third kappa shape index (κ3) is 4.20. The van der Waals surface area contributed by atoms with Crippen molar-refractivity contribution < 1.29 is 13.9 Å². The van der Waals surface area contributed by atoms with Crippen LogP contribution in [0.25, 0.3) is 0 Å². The van der Waals surface area contributed by atoms with Gasteiger partial charge in [0.15, 0.2) is 0 Å². The predicted molar refractivity (Wildman–Crippen MR) is 71.8 cm³/mol. The Labute approximate surface area is 112 Å². The number of carbonyl (C=O) groups excluding carboxylic acids is 1. The van der Waals surface area contributed by atoms with E-state index in [0.717, 1.165) is 17.6 Å². The number of thioether (sulfide) groups is 1. The Kier molecular flexibility index (Phi) is 5.77. The van der Waals surface area contributed by atoms with Gasteiger partial charge in [-0.3, -0.25) is 0 Å². The number of halogens is 2. The average Bonchev–Trinajstić information content (AvgIpc) is 2.29. The van der Waals surface area contributed by atoms with Crippen molar-refractivity contribution in [2.45, 2.75) is 6.92 Å². The summed E-state index contributed by atoms with van der Waals surface area (Å²) in [5.74, 6) is 0.664. The van der Waals surface area contributed by atoms with Gasteiger partial charge in [-0.25, -0.2) is 9.18 Å². The summed E-state index contributed by atoms with van der Waals surface area (Å²) in [4.78, 5) is 11.7. The van der Waals surface area contributed by atoms with Crippen molar-refractivity contribution in [3.63, 3.8) is 0 Å². The number of esters is 1. The van der Waals surface area contributed by atoms with Crippen molar-refractivity contribution in [1.82, 2.24) is 0 Å². The first kappa shape index (κ1) is 14.3. The van der Waals surface area contributed by atoms with E-state index in [1.165, 1.54) is 6.07 Å². The second-order valence-corrected chi connectivity index (χ2v) is 5.43. The van der Waals surface area contributed by atoms with Crippen molar-refractivity contribution in [1.29, 1.82) is 0 Å². The van der Waals surface area contributed by atoms with Crippen molar-refractivity contribution >= 4 is 39.3 Å². The van der Waals surface area contributed by atoms with Crippen LogP contribution in [0.15, 0.2) is 16.6 Å². The fourth-order valence-electron chi connectivity index (χ4n) is 1.14. The number of rotatable bonds is 5. The maximum Gasteiger partial charge on any atom is 0.339 e. The van der Waals surface area contributed by atoms with Crippen LogP contribution in [0, 0.1) is 5.82 Å². The predicted octanol–water partition coefficient (Wildman–Crippen LogP) is 3.08. The first-order chi connectivity index (χ1) is 8.06. The Morgan fingerprint density at radius 1 is 1.59 bits per heavy atom. The molecule has 94 valence electrons. The number of nitrogens with two attached hydrogens (primary N) is 1. The van der Waals surface area contributed by atoms with Gasteiger partial charge in [0.25, 0.3) is 0 Å². The van der Waals surface area contributed by atoms with Gasteiger partial charge in [0.1, 0.15) is 12.4 Å². The summed E-state index contributed by atoms with van der Waals surface area (Å²) in [7, 11) is 0. The minimum absolute atomic E-state index is 0.0666. The molecule has 0 aliphatic heterocycles. The molecule has 1 rings (SSSR count). The van der Waals surface area contributed by atoms with Gasteiger partial charge in [0, 0.05) is 10.2 Å². The van der Waals surface area contributed by atoms with Crippen LogP contribution in [0.4, 0.5) is 10.1 Å². The lowest BCUT2D eigenvalue weighted by Gasteiger charge is -2.07. The molecule has 0 saturated carbocycles. The van der Waals surface area contributed by atoms with Crippen molar-refractivity contribution in [2.75, 3.05) is 23.8 Å². The molecule has 0 spiro atoms. The number of hydrogen-bond acceptors (Lipinski definition) is 4. The highest BCUT2D eigenvalue weighted by Gasteiger charge is 2.14. The first-order valence-corrected chi connectivity index (χ1v) is 7.00. The fraction of sp³-hybridized carbons (Fsp3) is 0.364. The highest BCUT2D eigenvalue weighted by atomic mass is 79.9. The van der Waals surface area contributed by atoms with E-state index in [1.807, 2.05) is 6.92 Å². The number of anilines is 1. The summed E-state index contributed by atoms with van der Waals surface area (Å²) < 4.78 is 18.4. The largest absolute Gasteiger partial charge is 0.461 e.